The lowest BCUT2D eigenvalue weighted by molar-refractivity contribution is -0.145. The average Bonchev–Trinajstić information content (AvgIpc) is 3.07. The lowest BCUT2D eigenvalue weighted by atomic mass is 9.44. The van der Waals surface area contributed by atoms with Crippen LogP contribution in [0.15, 0.2) is 24.4 Å². The molecule has 1 heterocycles. The lowest BCUT2D eigenvalue weighted by Crippen LogP contribution is -2.55. The molecule has 3 unspecified atom stereocenters. The van der Waals surface area contributed by atoms with Crippen molar-refractivity contribution in [2.45, 2.75) is 90.3 Å². The van der Waals surface area contributed by atoms with Gasteiger partial charge < -0.3 is 10.2 Å². The number of hydrogen-bond donors (Lipinski definition) is 2. The zero-order chi connectivity index (χ0) is 20.4. The number of aromatic nitrogens is 1. The Morgan fingerprint density at radius 3 is 2.48 bits per heavy atom. The first-order valence-corrected chi connectivity index (χ1v) is 12.1. The first-order chi connectivity index (χ1) is 13.8. The highest BCUT2D eigenvalue weighted by Crippen LogP contribution is 2.69. The summed E-state index contributed by atoms with van der Waals surface area (Å²) in [5, 5.41) is 21.9. The van der Waals surface area contributed by atoms with Gasteiger partial charge in [0.15, 0.2) is 0 Å². The van der Waals surface area contributed by atoms with Crippen LogP contribution in [-0.4, -0.2) is 21.3 Å². The van der Waals surface area contributed by atoms with Gasteiger partial charge in [-0.15, -0.1) is 0 Å². The Morgan fingerprint density at radius 2 is 1.72 bits per heavy atom. The third-order valence-electron chi connectivity index (χ3n) is 10.5. The van der Waals surface area contributed by atoms with Gasteiger partial charge in [-0.3, -0.25) is 4.98 Å². The van der Waals surface area contributed by atoms with Crippen molar-refractivity contribution in [2.24, 2.45) is 40.4 Å². The SMILES string of the molecule is C[C@](O)(c1ccccn1)[C@H]1CCC2C3CC[C@H]4C[C@@H](O)CC[C@]4(C)C3CC[C@@]21C. The maximum Gasteiger partial charge on any atom is 0.107 e. The number of nitrogens with zero attached hydrogens (tertiary/aromatic N) is 1. The van der Waals surface area contributed by atoms with Gasteiger partial charge in [0, 0.05) is 6.20 Å². The fraction of sp³-hybridized carbons (Fsp3) is 0.808. The van der Waals surface area contributed by atoms with Gasteiger partial charge in [0.05, 0.1) is 11.8 Å². The summed E-state index contributed by atoms with van der Waals surface area (Å²) in [6.45, 7) is 7.06. The van der Waals surface area contributed by atoms with Crippen LogP contribution in [0.25, 0.3) is 0 Å². The molecule has 29 heavy (non-hydrogen) atoms. The normalized spacial score (nSPS) is 48.9. The van der Waals surface area contributed by atoms with Crippen molar-refractivity contribution in [3.63, 3.8) is 0 Å². The van der Waals surface area contributed by atoms with Gasteiger partial charge in [0.1, 0.15) is 5.60 Å². The smallest absolute Gasteiger partial charge is 0.107 e. The summed E-state index contributed by atoms with van der Waals surface area (Å²) in [6.07, 6.45) is 12.5. The molecule has 0 amide bonds. The van der Waals surface area contributed by atoms with Crippen molar-refractivity contribution in [1.29, 1.82) is 0 Å². The quantitative estimate of drug-likeness (QED) is 0.711. The van der Waals surface area contributed by atoms with Crippen LogP contribution in [0.1, 0.15) is 84.3 Å². The third kappa shape index (κ3) is 2.86. The van der Waals surface area contributed by atoms with E-state index in [0.29, 0.717) is 11.3 Å². The van der Waals surface area contributed by atoms with Crippen LogP contribution in [0.2, 0.25) is 0 Å². The van der Waals surface area contributed by atoms with Gasteiger partial charge in [0.25, 0.3) is 0 Å². The topological polar surface area (TPSA) is 53.4 Å². The van der Waals surface area contributed by atoms with E-state index in [2.05, 4.69) is 18.8 Å². The molecule has 0 radical (unpaired) electrons. The second-order valence-corrected chi connectivity index (χ2v) is 11.6. The molecule has 0 spiro atoms. The van der Waals surface area contributed by atoms with E-state index in [0.717, 1.165) is 42.7 Å². The molecule has 1 aromatic rings. The Morgan fingerprint density at radius 1 is 0.966 bits per heavy atom. The Kier molecular flexibility index (Phi) is 4.68. The molecule has 9 atom stereocenters. The standard InChI is InChI=1S/C26H39NO2/c1-24-13-11-18(28)16-17(24)7-8-19-20-9-10-22(25(20,2)14-12-21(19)24)26(3,29)23-6-4-5-15-27-23/h4-6,15,17-22,28-29H,7-14,16H2,1-3H3/t17-,18-,19?,20?,21?,22-,24-,25-,26+/m0/s1. The number of aliphatic hydroxyl groups is 2. The highest BCUT2D eigenvalue weighted by molar-refractivity contribution is 5.19. The van der Waals surface area contributed by atoms with E-state index in [4.69, 9.17) is 0 Å². The van der Waals surface area contributed by atoms with Crippen molar-refractivity contribution < 1.29 is 10.2 Å². The summed E-state index contributed by atoms with van der Waals surface area (Å²) in [6, 6.07) is 5.94. The van der Waals surface area contributed by atoms with Gasteiger partial charge in [-0.2, -0.15) is 0 Å². The molecule has 4 aliphatic carbocycles. The van der Waals surface area contributed by atoms with E-state index in [1.165, 1.54) is 38.5 Å². The van der Waals surface area contributed by atoms with Crippen molar-refractivity contribution in [3.8, 4) is 0 Å². The Balaban J connectivity index is 1.43. The molecule has 5 rings (SSSR count). The van der Waals surface area contributed by atoms with Crippen molar-refractivity contribution in [3.05, 3.63) is 30.1 Å². The number of hydrogen-bond acceptors (Lipinski definition) is 3. The first-order valence-electron chi connectivity index (χ1n) is 12.1. The fourth-order valence-corrected chi connectivity index (χ4v) is 9.00. The van der Waals surface area contributed by atoms with Gasteiger partial charge >= 0.3 is 0 Å². The molecule has 0 saturated heterocycles. The van der Waals surface area contributed by atoms with E-state index in [1.807, 2.05) is 31.3 Å². The summed E-state index contributed by atoms with van der Waals surface area (Å²) in [5.74, 6) is 3.34. The monoisotopic (exact) mass is 397 g/mol. The van der Waals surface area contributed by atoms with Crippen molar-refractivity contribution in [2.75, 3.05) is 0 Å². The predicted octanol–water partition coefficient (Wildman–Crippen LogP) is 5.31. The molecule has 160 valence electrons. The maximum atomic E-state index is 11.7. The Labute approximate surface area is 176 Å². The third-order valence-corrected chi connectivity index (χ3v) is 10.5. The van der Waals surface area contributed by atoms with E-state index in [-0.39, 0.29) is 17.4 Å². The molecule has 1 aromatic heterocycles. The number of aliphatic hydroxyl groups excluding tert-OH is 1. The van der Waals surface area contributed by atoms with E-state index < -0.39 is 5.60 Å². The van der Waals surface area contributed by atoms with Gasteiger partial charge in [-0.05, 0) is 117 Å². The molecule has 0 aliphatic heterocycles. The minimum absolute atomic E-state index is 0.0668. The van der Waals surface area contributed by atoms with Crippen LogP contribution in [0.5, 0.6) is 0 Å². The average molecular weight is 398 g/mol. The second-order valence-electron chi connectivity index (χ2n) is 11.6. The second kappa shape index (κ2) is 6.79. The van der Waals surface area contributed by atoms with Crippen molar-refractivity contribution in [1.82, 2.24) is 4.98 Å². The Bertz CT molecular complexity index is 748. The maximum absolute atomic E-state index is 11.7. The van der Waals surface area contributed by atoms with Crippen LogP contribution in [0.4, 0.5) is 0 Å². The lowest BCUT2D eigenvalue weighted by Gasteiger charge is -2.61. The van der Waals surface area contributed by atoms with Gasteiger partial charge in [-0.1, -0.05) is 19.9 Å². The van der Waals surface area contributed by atoms with E-state index in [1.54, 1.807) is 0 Å². The molecular formula is C26H39NO2. The molecule has 0 aromatic carbocycles. The van der Waals surface area contributed by atoms with Gasteiger partial charge in [0.2, 0.25) is 0 Å². The highest BCUT2D eigenvalue weighted by Gasteiger charge is 2.62. The highest BCUT2D eigenvalue weighted by atomic mass is 16.3. The first kappa shape index (κ1) is 20.0. The minimum Gasteiger partial charge on any atom is -0.393 e. The molecule has 4 fully saturated rings. The zero-order valence-electron chi connectivity index (χ0n) is 18.5. The van der Waals surface area contributed by atoms with Crippen LogP contribution in [0, 0.1) is 40.4 Å². The molecule has 4 saturated carbocycles. The molecule has 3 heteroatoms. The van der Waals surface area contributed by atoms with Crippen molar-refractivity contribution >= 4 is 0 Å². The predicted molar refractivity (Wildman–Crippen MR) is 115 cm³/mol. The van der Waals surface area contributed by atoms with Crippen LogP contribution in [0.3, 0.4) is 0 Å². The summed E-state index contributed by atoms with van der Waals surface area (Å²) < 4.78 is 0. The van der Waals surface area contributed by atoms with E-state index >= 15 is 0 Å². The summed E-state index contributed by atoms with van der Waals surface area (Å²) in [5.41, 5.74) is 0.615. The minimum atomic E-state index is -0.854. The summed E-state index contributed by atoms with van der Waals surface area (Å²) in [7, 11) is 0. The molecule has 4 aliphatic rings. The largest absolute Gasteiger partial charge is 0.393 e. The Hall–Kier alpha value is -0.930. The molecular weight excluding hydrogens is 358 g/mol. The number of pyridine rings is 1. The zero-order valence-corrected chi connectivity index (χ0v) is 18.5. The number of rotatable bonds is 2. The van der Waals surface area contributed by atoms with Crippen LogP contribution >= 0.6 is 0 Å². The van der Waals surface area contributed by atoms with Crippen LogP contribution < -0.4 is 0 Å². The molecule has 3 nitrogen and oxygen atoms in total. The summed E-state index contributed by atoms with van der Waals surface area (Å²) in [4.78, 5) is 4.54. The fourth-order valence-electron chi connectivity index (χ4n) is 9.00. The summed E-state index contributed by atoms with van der Waals surface area (Å²) >= 11 is 0. The molecule has 2 N–H and O–H groups in total. The molecule has 0 bridgehead atoms. The van der Waals surface area contributed by atoms with E-state index in [9.17, 15) is 10.2 Å². The van der Waals surface area contributed by atoms with Crippen LogP contribution in [-0.2, 0) is 5.60 Å². The number of fused-ring (bicyclic) bond motifs is 5. The van der Waals surface area contributed by atoms with Gasteiger partial charge in [-0.25, -0.2) is 0 Å².